The lowest BCUT2D eigenvalue weighted by Gasteiger charge is -2.25. The van der Waals surface area contributed by atoms with Gasteiger partial charge in [-0.1, -0.05) is 29.8 Å². The van der Waals surface area contributed by atoms with Gasteiger partial charge in [-0.15, -0.1) is 0 Å². The third kappa shape index (κ3) is 4.98. The van der Waals surface area contributed by atoms with E-state index >= 15 is 0 Å². The highest BCUT2D eigenvalue weighted by Crippen LogP contribution is 2.28. The molecule has 3 aromatic carbocycles. The summed E-state index contributed by atoms with van der Waals surface area (Å²) in [6, 6.07) is 16.9. The third-order valence-corrected chi connectivity index (χ3v) is 6.44. The SMILES string of the molecule is CC(=O)Nc1ccc(S(=O)(=O)N(Cc2cccc(Cl)c2)c2ccc(C)c(F)c2)cc1. The number of amides is 1. The predicted octanol–water partition coefficient (Wildman–Crippen LogP) is 5.14. The van der Waals surface area contributed by atoms with E-state index in [1.54, 1.807) is 37.3 Å². The van der Waals surface area contributed by atoms with Crippen LogP contribution in [0.15, 0.2) is 71.6 Å². The van der Waals surface area contributed by atoms with E-state index in [1.165, 1.54) is 43.3 Å². The van der Waals surface area contributed by atoms with Crippen molar-refractivity contribution in [2.75, 3.05) is 9.62 Å². The zero-order valence-corrected chi connectivity index (χ0v) is 18.0. The highest BCUT2D eigenvalue weighted by Gasteiger charge is 2.26. The molecule has 8 heteroatoms. The molecule has 3 rings (SSSR count). The minimum Gasteiger partial charge on any atom is -0.326 e. The largest absolute Gasteiger partial charge is 0.326 e. The summed E-state index contributed by atoms with van der Waals surface area (Å²) in [7, 11) is -4.03. The first-order valence-corrected chi connectivity index (χ1v) is 10.9. The molecule has 0 saturated heterocycles. The lowest BCUT2D eigenvalue weighted by Crippen LogP contribution is -2.30. The molecule has 156 valence electrons. The Labute approximate surface area is 180 Å². The molecule has 0 aromatic heterocycles. The minimum absolute atomic E-state index is 0.0135. The van der Waals surface area contributed by atoms with Crippen LogP contribution < -0.4 is 9.62 Å². The summed E-state index contributed by atoms with van der Waals surface area (Å²) in [6.07, 6.45) is 0. The molecule has 1 N–H and O–H groups in total. The number of halogens is 2. The lowest BCUT2D eigenvalue weighted by atomic mass is 10.2. The summed E-state index contributed by atoms with van der Waals surface area (Å²) in [5, 5.41) is 3.06. The molecule has 0 spiro atoms. The zero-order valence-electron chi connectivity index (χ0n) is 16.4. The highest BCUT2D eigenvalue weighted by atomic mass is 35.5. The Morgan fingerprint density at radius 3 is 2.37 bits per heavy atom. The van der Waals surface area contributed by atoms with E-state index in [-0.39, 0.29) is 23.0 Å². The van der Waals surface area contributed by atoms with Crippen molar-refractivity contribution in [3.63, 3.8) is 0 Å². The van der Waals surface area contributed by atoms with Gasteiger partial charge in [-0.3, -0.25) is 9.10 Å². The van der Waals surface area contributed by atoms with Crippen molar-refractivity contribution >= 4 is 38.9 Å². The molecule has 1 amide bonds. The second kappa shape index (κ2) is 8.85. The molecule has 30 heavy (non-hydrogen) atoms. The van der Waals surface area contributed by atoms with Gasteiger partial charge in [-0.05, 0) is 66.6 Å². The van der Waals surface area contributed by atoms with E-state index in [0.29, 0.717) is 21.8 Å². The smallest absolute Gasteiger partial charge is 0.264 e. The molecule has 0 heterocycles. The Balaban J connectivity index is 2.05. The third-order valence-electron chi connectivity index (χ3n) is 4.42. The van der Waals surface area contributed by atoms with Gasteiger partial charge >= 0.3 is 0 Å². The molecule has 0 aliphatic rings. The number of carbonyl (C=O) groups excluding carboxylic acids is 1. The van der Waals surface area contributed by atoms with Crippen LogP contribution in [0.3, 0.4) is 0 Å². The number of nitrogens with one attached hydrogen (secondary N) is 1. The first kappa shape index (κ1) is 21.8. The number of carbonyl (C=O) groups is 1. The first-order valence-electron chi connectivity index (χ1n) is 9.08. The maximum Gasteiger partial charge on any atom is 0.264 e. The number of rotatable bonds is 6. The monoisotopic (exact) mass is 446 g/mol. The molecule has 0 radical (unpaired) electrons. The molecule has 0 bridgehead atoms. The Bertz CT molecular complexity index is 1180. The molecule has 5 nitrogen and oxygen atoms in total. The lowest BCUT2D eigenvalue weighted by molar-refractivity contribution is -0.114. The van der Waals surface area contributed by atoms with Gasteiger partial charge in [0.25, 0.3) is 10.0 Å². The van der Waals surface area contributed by atoms with Gasteiger partial charge in [0.1, 0.15) is 5.82 Å². The quantitative estimate of drug-likeness (QED) is 0.570. The van der Waals surface area contributed by atoms with Crippen molar-refractivity contribution in [2.45, 2.75) is 25.3 Å². The van der Waals surface area contributed by atoms with Gasteiger partial charge in [0.15, 0.2) is 0 Å². The second-order valence-electron chi connectivity index (χ2n) is 6.78. The summed E-state index contributed by atoms with van der Waals surface area (Å²) < 4.78 is 42.2. The van der Waals surface area contributed by atoms with Crippen LogP contribution in [0.5, 0.6) is 0 Å². The molecular weight excluding hydrogens is 427 g/mol. The topological polar surface area (TPSA) is 66.5 Å². The van der Waals surface area contributed by atoms with Crippen LogP contribution in [0.1, 0.15) is 18.1 Å². The fourth-order valence-corrected chi connectivity index (χ4v) is 4.55. The van der Waals surface area contributed by atoms with Gasteiger partial charge < -0.3 is 5.32 Å². The molecule has 0 aliphatic carbocycles. The van der Waals surface area contributed by atoms with Crippen LogP contribution >= 0.6 is 11.6 Å². The molecule has 3 aromatic rings. The van der Waals surface area contributed by atoms with E-state index in [2.05, 4.69) is 5.32 Å². The van der Waals surface area contributed by atoms with Gasteiger partial charge in [0, 0.05) is 17.6 Å². The maximum atomic E-state index is 14.2. The van der Waals surface area contributed by atoms with Crippen LogP contribution in [0.25, 0.3) is 0 Å². The number of hydrogen-bond acceptors (Lipinski definition) is 3. The van der Waals surface area contributed by atoms with E-state index in [4.69, 9.17) is 11.6 Å². The Hall–Kier alpha value is -2.90. The standard InChI is InChI=1S/C22H20ClFN2O3S/c1-15-6-9-20(13-22(15)24)26(14-17-4-3-5-18(23)12-17)30(28,29)21-10-7-19(8-11-21)25-16(2)27/h3-13H,14H2,1-2H3,(H,25,27). The van der Waals surface area contributed by atoms with Crippen LogP contribution in [-0.2, 0) is 21.4 Å². The van der Waals surface area contributed by atoms with Crippen LogP contribution in [0, 0.1) is 12.7 Å². The molecule has 0 saturated carbocycles. The fraction of sp³-hybridized carbons (Fsp3) is 0.136. The minimum atomic E-state index is -4.03. The van der Waals surface area contributed by atoms with Gasteiger partial charge in [-0.25, -0.2) is 12.8 Å². The molecule has 0 unspecified atom stereocenters. The van der Waals surface area contributed by atoms with Crippen LogP contribution in [0.4, 0.5) is 15.8 Å². The molecule has 0 aliphatic heterocycles. The number of hydrogen-bond donors (Lipinski definition) is 1. The van der Waals surface area contributed by atoms with Crippen molar-refractivity contribution in [1.29, 1.82) is 0 Å². The molecule has 0 fully saturated rings. The Morgan fingerprint density at radius 2 is 1.77 bits per heavy atom. The average Bonchev–Trinajstić information content (AvgIpc) is 2.68. The summed E-state index contributed by atoms with van der Waals surface area (Å²) >= 11 is 6.05. The van der Waals surface area contributed by atoms with E-state index in [9.17, 15) is 17.6 Å². The number of sulfonamides is 1. The Morgan fingerprint density at radius 1 is 1.07 bits per heavy atom. The van der Waals surface area contributed by atoms with Gasteiger partial charge in [0.2, 0.25) is 5.91 Å². The van der Waals surface area contributed by atoms with Crippen LogP contribution in [0.2, 0.25) is 5.02 Å². The second-order valence-corrected chi connectivity index (χ2v) is 9.08. The van der Waals surface area contributed by atoms with E-state index in [0.717, 1.165) is 4.31 Å². The summed E-state index contributed by atoms with van der Waals surface area (Å²) in [5.74, 6) is -0.761. The highest BCUT2D eigenvalue weighted by molar-refractivity contribution is 7.92. The molecular formula is C22H20ClFN2O3S. The van der Waals surface area contributed by atoms with E-state index in [1.807, 2.05) is 0 Å². The predicted molar refractivity (Wildman–Crippen MR) is 117 cm³/mol. The number of anilines is 2. The summed E-state index contributed by atoms with van der Waals surface area (Å²) in [6.45, 7) is 2.94. The Kier molecular flexibility index (Phi) is 6.43. The molecule has 0 atom stereocenters. The normalized spacial score (nSPS) is 11.2. The van der Waals surface area contributed by atoms with Crippen molar-refractivity contribution in [3.8, 4) is 0 Å². The fourth-order valence-electron chi connectivity index (χ4n) is 2.89. The van der Waals surface area contributed by atoms with Crippen molar-refractivity contribution in [1.82, 2.24) is 0 Å². The van der Waals surface area contributed by atoms with Crippen molar-refractivity contribution in [3.05, 3.63) is 88.7 Å². The number of aryl methyl sites for hydroxylation is 1. The van der Waals surface area contributed by atoms with Crippen molar-refractivity contribution in [2.24, 2.45) is 0 Å². The van der Waals surface area contributed by atoms with Gasteiger partial charge in [-0.2, -0.15) is 0 Å². The maximum absolute atomic E-state index is 14.2. The van der Waals surface area contributed by atoms with Crippen LogP contribution in [-0.4, -0.2) is 14.3 Å². The zero-order chi connectivity index (χ0) is 21.9. The number of benzene rings is 3. The average molecular weight is 447 g/mol. The summed E-state index contributed by atoms with van der Waals surface area (Å²) in [5.41, 5.74) is 1.74. The summed E-state index contributed by atoms with van der Waals surface area (Å²) in [4.78, 5) is 11.2. The first-order chi connectivity index (χ1) is 14.2. The van der Waals surface area contributed by atoms with Gasteiger partial charge in [0.05, 0.1) is 17.1 Å². The van der Waals surface area contributed by atoms with Crippen molar-refractivity contribution < 1.29 is 17.6 Å². The van der Waals surface area contributed by atoms with E-state index < -0.39 is 15.8 Å². The number of nitrogens with zero attached hydrogens (tertiary/aromatic N) is 1.